The second-order valence-corrected chi connectivity index (χ2v) is 7.83. The van der Waals surface area contributed by atoms with Gasteiger partial charge in [0.2, 0.25) is 0 Å². The molecule has 0 aromatic carbocycles. The normalized spacial score (nSPS) is 16.1. The van der Waals surface area contributed by atoms with E-state index in [1.54, 1.807) is 41.2 Å². The van der Waals surface area contributed by atoms with E-state index >= 15 is 0 Å². The first-order valence-electron chi connectivity index (χ1n) is 10.9. The molecule has 1 aliphatic heterocycles. The molecule has 12 heteroatoms. The summed E-state index contributed by atoms with van der Waals surface area (Å²) in [6.45, 7) is 1.70. The van der Waals surface area contributed by atoms with Gasteiger partial charge in [0.05, 0.1) is 18.8 Å². The Morgan fingerprint density at radius 3 is 2.85 bits per heavy atom. The molecule has 1 fully saturated rings. The van der Waals surface area contributed by atoms with Crippen molar-refractivity contribution in [1.29, 1.82) is 0 Å². The summed E-state index contributed by atoms with van der Waals surface area (Å²) in [6.07, 6.45) is 5.65. The SMILES string of the molecule is CCN1CC[C@@H]1COc1cnn(C(F)F)c1-c1ccn2nc(Nc3ccnc(OC)n3)cc2c1. The Morgan fingerprint density at radius 2 is 2.12 bits per heavy atom. The number of anilines is 2. The van der Waals surface area contributed by atoms with Gasteiger partial charge in [0.25, 0.3) is 0 Å². The van der Waals surface area contributed by atoms with Gasteiger partial charge < -0.3 is 14.8 Å². The van der Waals surface area contributed by atoms with E-state index in [2.05, 4.69) is 37.3 Å². The summed E-state index contributed by atoms with van der Waals surface area (Å²) in [4.78, 5) is 10.5. The first-order chi connectivity index (χ1) is 16.6. The van der Waals surface area contributed by atoms with Crippen LogP contribution in [0.25, 0.3) is 16.8 Å². The van der Waals surface area contributed by atoms with E-state index in [4.69, 9.17) is 9.47 Å². The molecule has 0 bridgehead atoms. The molecule has 1 aliphatic rings. The predicted octanol–water partition coefficient (Wildman–Crippen LogP) is 3.61. The number of ether oxygens (including phenoxy) is 2. The minimum Gasteiger partial charge on any atom is -0.488 e. The lowest BCUT2D eigenvalue weighted by Gasteiger charge is -2.39. The highest BCUT2D eigenvalue weighted by molar-refractivity contribution is 5.72. The lowest BCUT2D eigenvalue weighted by atomic mass is 10.0. The number of likely N-dealkylation sites (N-methyl/N-ethyl adjacent to an activating group) is 1. The fourth-order valence-corrected chi connectivity index (χ4v) is 4.00. The summed E-state index contributed by atoms with van der Waals surface area (Å²) in [7, 11) is 1.49. The molecule has 0 unspecified atom stereocenters. The minimum absolute atomic E-state index is 0.229. The average molecular weight is 470 g/mol. The third-order valence-corrected chi connectivity index (χ3v) is 5.86. The largest absolute Gasteiger partial charge is 0.488 e. The number of hydrogen-bond donors (Lipinski definition) is 1. The van der Waals surface area contributed by atoms with E-state index in [0.717, 1.165) is 19.5 Å². The Hall–Kier alpha value is -3.80. The standard InChI is InChI=1S/C22H24F2N8O2/c1-3-30-8-6-15(30)13-34-17-12-26-32(21(23)24)20(17)14-5-9-31-16(10-14)11-19(29-31)27-18-4-7-25-22(28-18)33-2/h4-5,7,9-12,15,21H,3,6,8,13H2,1-2H3,(H,25,27,28,29)/t15-/m1/s1. The second-order valence-electron chi connectivity index (χ2n) is 7.83. The van der Waals surface area contributed by atoms with Gasteiger partial charge in [-0.1, -0.05) is 6.92 Å². The molecule has 0 spiro atoms. The van der Waals surface area contributed by atoms with Crippen LogP contribution in [-0.2, 0) is 0 Å². The van der Waals surface area contributed by atoms with Crippen molar-refractivity contribution in [2.75, 3.05) is 32.1 Å². The van der Waals surface area contributed by atoms with Gasteiger partial charge in [-0.25, -0.2) is 9.50 Å². The summed E-state index contributed by atoms with van der Waals surface area (Å²) < 4.78 is 40.8. The Labute approximate surface area is 194 Å². The number of methoxy groups -OCH3 is 1. The monoisotopic (exact) mass is 470 g/mol. The fraction of sp³-hybridized carbons (Fsp3) is 0.364. The van der Waals surface area contributed by atoms with Gasteiger partial charge >= 0.3 is 12.6 Å². The lowest BCUT2D eigenvalue weighted by Crippen LogP contribution is -2.50. The molecule has 0 saturated carbocycles. The summed E-state index contributed by atoms with van der Waals surface area (Å²) in [6, 6.07) is 7.47. The smallest absolute Gasteiger partial charge is 0.333 e. The van der Waals surface area contributed by atoms with Crippen LogP contribution in [0.1, 0.15) is 19.9 Å². The van der Waals surface area contributed by atoms with Gasteiger partial charge in [0, 0.05) is 36.6 Å². The quantitative estimate of drug-likeness (QED) is 0.397. The number of rotatable bonds is 9. The molecule has 178 valence electrons. The van der Waals surface area contributed by atoms with E-state index in [1.165, 1.54) is 13.3 Å². The van der Waals surface area contributed by atoms with Crippen LogP contribution in [-0.4, -0.2) is 67.1 Å². The number of pyridine rings is 1. The molecule has 5 rings (SSSR count). The molecule has 1 atom stereocenters. The molecule has 4 aromatic heterocycles. The van der Waals surface area contributed by atoms with Gasteiger partial charge in [0.15, 0.2) is 11.6 Å². The van der Waals surface area contributed by atoms with Crippen molar-refractivity contribution in [3.63, 3.8) is 0 Å². The maximum Gasteiger partial charge on any atom is 0.333 e. The first kappa shape index (κ1) is 22.0. The highest BCUT2D eigenvalue weighted by Gasteiger charge is 2.28. The van der Waals surface area contributed by atoms with Crippen LogP contribution in [0.4, 0.5) is 20.4 Å². The first-order valence-corrected chi connectivity index (χ1v) is 10.9. The number of halogens is 2. The number of likely N-dealkylation sites (tertiary alicyclic amines) is 1. The van der Waals surface area contributed by atoms with Crippen LogP contribution in [0.15, 0.2) is 42.9 Å². The van der Waals surface area contributed by atoms with Crippen molar-refractivity contribution in [2.45, 2.75) is 25.9 Å². The molecule has 5 heterocycles. The van der Waals surface area contributed by atoms with E-state index in [1.807, 2.05) is 0 Å². The average Bonchev–Trinajstić information content (AvgIpc) is 3.42. The Kier molecular flexibility index (Phi) is 5.97. The summed E-state index contributed by atoms with van der Waals surface area (Å²) in [5.41, 5.74) is 1.48. The van der Waals surface area contributed by atoms with Crippen molar-refractivity contribution in [3.8, 4) is 23.0 Å². The van der Waals surface area contributed by atoms with Gasteiger partial charge in [-0.05, 0) is 31.2 Å². The number of nitrogens with one attached hydrogen (secondary N) is 1. The third-order valence-electron chi connectivity index (χ3n) is 5.86. The van der Waals surface area contributed by atoms with E-state index in [-0.39, 0.29) is 11.7 Å². The summed E-state index contributed by atoms with van der Waals surface area (Å²) in [5, 5.41) is 11.4. The predicted molar refractivity (Wildman–Crippen MR) is 121 cm³/mol. The molecule has 4 aromatic rings. The van der Waals surface area contributed by atoms with Crippen molar-refractivity contribution < 1.29 is 18.3 Å². The van der Waals surface area contributed by atoms with Crippen LogP contribution in [0.3, 0.4) is 0 Å². The topological polar surface area (TPSA) is 94.6 Å². The number of nitrogens with zero attached hydrogens (tertiary/aromatic N) is 7. The Balaban J connectivity index is 1.42. The second kappa shape index (κ2) is 9.21. The molecular weight excluding hydrogens is 446 g/mol. The van der Waals surface area contributed by atoms with E-state index in [0.29, 0.717) is 45.8 Å². The third kappa shape index (κ3) is 4.23. The Morgan fingerprint density at radius 1 is 1.24 bits per heavy atom. The fourth-order valence-electron chi connectivity index (χ4n) is 4.00. The minimum atomic E-state index is -2.80. The Bertz CT molecular complexity index is 1290. The van der Waals surface area contributed by atoms with Crippen molar-refractivity contribution in [3.05, 3.63) is 42.9 Å². The zero-order chi connectivity index (χ0) is 23.7. The van der Waals surface area contributed by atoms with Gasteiger partial charge in [-0.3, -0.25) is 4.90 Å². The molecule has 10 nitrogen and oxygen atoms in total. The maximum absolute atomic E-state index is 13.7. The summed E-state index contributed by atoms with van der Waals surface area (Å²) >= 11 is 0. The number of hydrogen-bond acceptors (Lipinski definition) is 8. The van der Waals surface area contributed by atoms with Crippen LogP contribution in [0.5, 0.6) is 11.8 Å². The zero-order valence-corrected chi connectivity index (χ0v) is 18.7. The molecule has 0 radical (unpaired) electrons. The van der Waals surface area contributed by atoms with Crippen molar-refractivity contribution in [1.82, 2.24) is 34.3 Å². The van der Waals surface area contributed by atoms with E-state index < -0.39 is 6.55 Å². The van der Waals surface area contributed by atoms with Crippen molar-refractivity contribution in [2.24, 2.45) is 0 Å². The molecule has 0 aliphatic carbocycles. The number of fused-ring (bicyclic) bond motifs is 1. The number of alkyl halides is 2. The lowest BCUT2D eigenvalue weighted by molar-refractivity contribution is 0.0535. The molecule has 1 saturated heterocycles. The van der Waals surface area contributed by atoms with Crippen LogP contribution in [0.2, 0.25) is 0 Å². The molecule has 1 N–H and O–H groups in total. The van der Waals surface area contributed by atoms with Crippen LogP contribution >= 0.6 is 0 Å². The van der Waals surface area contributed by atoms with Crippen molar-refractivity contribution >= 4 is 17.2 Å². The molecular formula is C22H24F2N8O2. The molecule has 34 heavy (non-hydrogen) atoms. The zero-order valence-electron chi connectivity index (χ0n) is 18.7. The highest BCUT2D eigenvalue weighted by Crippen LogP contribution is 2.34. The maximum atomic E-state index is 13.7. The summed E-state index contributed by atoms with van der Waals surface area (Å²) in [5.74, 6) is 1.37. The number of aromatic nitrogens is 6. The highest BCUT2D eigenvalue weighted by atomic mass is 19.3. The molecule has 0 amide bonds. The van der Waals surface area contributed by atoms with Gasteiger partial charge in [-0.2, -0.15) is 28.6 Å². The van der Waals surface area contributed by atoms with Crippen LogP contribution in [0, 0.1) is 0 Å². The van der Waals surface area contributed by atoms with Gasteiger partial charge in [0.1, 0.15) is 18.1 Å². The van der Waals surface area contributed by atoms with Gasteiger partial charge in [-0.15, -0.1) is 0 Å². The van der Waals surface area contributed by atoms with E-state index in [9.17, 15) is 8.78 Å². The van der Waals surface area contributed by atoms with Crippen LogP contribution < -0.4 is 14.8 Å².